The van der Waals surface area contributed by atoms with Gasteiger partial charge in [0, 0.05) is 25.5 Å². The lowest BCUT2D eigenvalue weighted by molar-refractivity contribution is 0.0940. The number of anilines is 1. The molecule has 1 unspecified atom stereocenters. The van der Waals surface area contributed by atoms with Crippen LogP contribution in [0.3, 0.4) is 0 Å². The zero-order valence-electron chi connectivity index (χ0n) is 10.7. The molecule has 0 aliphatic rings. The lowest BCUT2D eigenvalue weighted by Crippen LogP contribution is -2.26. The molecule has 2 aromatic rings. The normalized spacial score (nSPS) is 12.2. The molecule has 1 heterocycles. The molecular weight excluding hydrogens is 324 g/mol. The fraction of sp³-hybridized carbons (Fsp3) is 0.214. The van der Waals surface area contributed by atoms with Crippen LogP contribution in [0.5, 0.6) is 0 Å². The lowest BCUT2D eigenvalue weighted by atomic mass is 10.1. The third-order valence-electron chi connectivity index (χ3n) is 2.79. The Labute approximate surface area is 125 Å². The molecule has 100 valence electrons. The SMILES string of the molecule is Cc1ccc(C(C)NC(=O)c2ccc(Br)c(N)c2)s1. The minimum Gasteiger partial charge on any atom is -0.398 e. The van der Waals surface area contributed by atoms with Gasteiger partial charge in [0.05, 0.1) is 6.04 Å². The minimum atomic E-state index is -0.113. The number of hydrogen-bond acceptors (Lipinski definition) is 3. The van der Waals surface area contributed by atoms with Crippen molar-refractivity contribution in [2.24, 2.45) is 0 Å². The number of aryl methyl sites for hydroxylation is 1. The van der Waals surface area contributed by atoms with E-state index in [9.17, 15) is 4.79 Å². The average molecular weight is 339 g/mol. The largest absolute Gasteiger partial charge is 0.398 e. The Kier molecular flexibility index (Phi) is 4.27. The van der Waals surface area contributed by atoms with Gasteiger partial charge in [0.15, 0.2) is 0 Å². The summed E-state index contributed by atoms with van der Waals surface area (Å²) in [4.78, 5) is 14.5. The van der Waals surface area contributed by atoms with E-state index in [4.69, 9.17) is 5.73 Å². The predicted molar refractivity (Wildman–Crippen MR) is 83.5 cm³/mol. The second kappa shape index (κ2) is 5.75. The second-order valence-corrected chi connectivity index (χ2v) is 6.55. The Morgan fingerprint density at radius 2 is 2.11 bits per heavy atom. The van der Waals surface area contributed by atoms with Crippen LogP contribution < -0.4 is 11.1 Å². The van der Waals surface area contributed by atoms with Crippen LogP contribution in [0.15, 0.2) is 34.8 Å². The van der Waals surface area contributed by atoms with E-state index in [1.54, 1.807) is 29.5 Å². The molecule has 0 fully saturated rings. The van der Waals surface area contributed by atoms with E-state index in [2.05, 4.69) is 34.2 Å². The maximum atomic E-state index is 12.1. The predicted octanol–water partition coefficient (Wildman–Crippen LogP) is 3.89. The molecule has 0 bridgehead atoms. The molecule has 3 nitrogen and oxygen atoms in total. The summed E-state index contributed by atoms with van der Waals surface area (Å²) in [6.07, 6.45) is 0. The second-order valence-electron chi connectivity index (χ2n) is 4.38. The molecule has 1 amide bonds. The van der Waals surface area contributed by atoms with Gasteiger partial charge >= 0.3 is 0 Å². The van der Waals surface area contributed by atoms with Crippen LogP contribution in [0.4, 0.5) is 5.69 Å². The van der Waals surface area contributed by atoms with Crippen molar-refractivity contribution in [2.75, 3.05) is 5.73 Å². The third-order valence-corrected chi connectivity index (χ3v) is 4.70. The quantitative estimate of drug-likeness (QED) is 0.834. The minimum absolute atomic E-state index is 0.00364. The number of carbonyl (C=O) groups excluding carboxylic acids is 1. The summed E-state index contributed by atoms with van der Waals surface area (Å²) in [5.74, 6) is -0.113. The summed E-state index contributed by atoms with van der Waals surface area (Å²) in [6.45, 7) is 4.03. The van der Waals surface area contributed by atoms with Gasteiger partial charge in [-0.05, 0) is 60.1 Å². The van der Waals surface area contributed by atoms with Crippen LogP contribution >= 0.6 is 27.3 Å². The highest BCUT2D eigenvalue weighted by molar-refractivity contribution is 9.10. The molecule has 0 saturated heterocycles. The number of nitrogens with two attached hydrogens (primary N) is 1. The summed E-state index contributed by atoms with van der Waals surface area (Å²) in [7, 11) is 0. The van der Waals surface area contributed by atoms with E-state index < -0.39 is 0 Å². The van der Waals surface area contributed by atoms with Crippen molar-refractivity contribution in [3.63, 3.8) is 0 Å². The summed E-state index contributed by atoms with van der Waals surface area (Å²) in [5, 5.41) is 2.97. The van der Waals surface area contributed by atoms with E-state index in [0.29, 0.717) is 11.3 Å². The van der Waals surface area contributed by atoms with Gasteiger partial charge in [-0.25, -0.2) is 0 Å². The van der Waals surface area contributed by atoms with Crippen molar-refractivity contribution in [1.29, 1.82) is 0 Å². The van der Waals surface area contributed by atoms with Gasteiger partial charge in [0.25, 0.3) is 5.91 Å². The Bertz CT molecular complexity index is 609. The Hall–Kier alpha value is -1.33. The number of amides is 1. The summed E-state index contributed by atoms with van der Waals surface area (Å²) < 4.78 is 0.797. The Balaban J connectivity index is 2.10. The zero-order valence-corrected chi connectivity index (χ0v) is 13.1. The molecule has 19 heavy (non-hydrogen) atoms. The topological polar surface area (TPSA) is 55.1 Å². The molecule has 3 N–H and O–H groups in total. The summed E-state index contributed by atoms with van der Waals surface area (Å²) >= 11 is 5.01. The molecule has 0 aliphatic heterocycles. The molecule has 2 rings (SSSR count). The van der Waals surface area contributed by atoms with Gasteiger partial charge in [-0.15, -0.1) is 11.3 Å². The lowest BCUT2D eigenvalue weighted by Gasteiger charge is -2.12. The fourth-order valence-electron chi connectivity index (χ4n) is 1.72. The molecule has 1 aromatic carbocycles. The number of rotatable bonds is 3. The van der Waals surface area contributed by atoms with Gasteiger partial charge < -0.3 is 11.1 Å². The van der Waals surface area contributed by atoms with Crippen LogP contribution in [0.25, 0.3) is 0 Å². The van der Waals surface area contributed by atoms with E-state index in [1.165, 1.54) is 4.88 Å². The number of halogens is 1. The summed E-state index contributed by atoms with van der Waals surface area (Å²) in [5.41, 5.74) is 6.91. The molecule has 0 aliphatic carbocycles. The molecule has 1 aromatic heterocycles. The zero-order chi connectivity index (χ0) is 14.0. The smallest absolute Gasteiger partial charge is 0.251 e. The van der Waals surface area contributed by atoms with Crippen LogP contribution in [0, 0.1) is 6.92 Å². The van der Waals surface area contributed by atoms with Gasteiger partial charge in [0.1, 0.15) is 0 Å². The van der Waals surface area contributed by atoms with Crippen LogP contribution in [-0.4, -0.2) is 5.91 Å². The highest BCUT2D eigenvalue weighted by Gasteiger charge is 2.13. The molecule has 0 saturated carbocycles. The Morgan fingerprint density at radius 1 is 1.37 bits per heavy atom. The van der Waals surface area contributed by atoms with E-state index in [-0.39, 0.29) is 11.9 Å². The van der Waals surface area contributed by atoms with Crippen molar-refractivity contribution in [3.8, 4) is 0 Å². The highest BCUT2D eigenvalue weighted by Crippen LogP contribution is 2.24. The number of nitrogen functional groups attached to an aromatic ring is 1. The van der Waals surface area contributed by atoms with Crippen molar-refractivity contribution < 1.29 is 4.79 Å². The first-order valence-electron chi connectivity index (χ1n) is 5.89. The molecule has 0 spiro atoms. The molecular formula is C14H15BrN2OS. The van der Waals surface area contributed by atoms with Crippen LogP contribution in [0.2, 0.25) is 0 Å². The molecule has 0 radical (unpaired) electrons. The number of carbonyl (C=O) groups is 1. The number of nitrogens with one attached hydrogen (secondary N) is 1. The van der Waals surface area contributed by atoms with Crippen LogP contribution in [-0.2, 0) is 0 Å². The first-order valence-corrected chi connectivity index (χ1v) is 7.50. The summed E-state index contributed by atoms with van der Waals surface area (Å²) in [6, 6.07) is 9.30. The monoisotopic (exact) mass is 338 g/mol. The Morgan fingerprint density at radius 3 is 2.68 bits per heavy atom. The molecule has 1 atom stereocenters. The third kappa shape index (κ3) is 3.36. The van der Waals surface area contributed by atoms with Crippen LogP contribution in [0.1, 0.15) is 33.1 Å². The maximum absolute atomic E-state index is 12.1. The standard InChI is InChI=1S/C14H15BrN2OS/c1-8-3-6-13(19-8)9(2)17-14(18)10-4-5-11(15)12(16)7-10/h3-7,9H,16H2,1-2H3,(H,17,18). The van der Waals surface area contributed by atoms with Crippen molar-refractivity contribution >= 4 is 38.9 Å². The van der Waals surface area contributed by atoms with Gasteiger partial charge in [0.2, 0.25) is 0 Å². The van der Waals surface area contributed by atoms with Crippen molar-refractivity contribution in [1.82, 2.24) is 5.32 Å². The van der Waals surface area contributed by atoms with Crippen molar-refractivity contribution in [3.05, 3.63) is 50.1 Å². The first kappa shape index (κ1) is 14.1. The maximum Gasteiger partial charge on any atom is 0.251 e. The van der Waals surface area contributed by atoms with Gasteiger partial charge in [-0.2, -0.15) is 0 Å². The molecule has 5 heteroatoms. The van der Waals surface area contributed by atoms with E-state index >= 15 is 0 Å². The average Bonchev–Trinajstić information content (AvgIpc) is 2.79. The van der Waals surface area contributed by atoms with Gasteiger partial charge in [-0.3, -0.25) is 4.79 Å². The highest BCUT2D eigenvalue weighted by atomic mass is 79.9. The first-order chi connectivity index (χ1) is 8.97. The van der Waals surface area contributed by atoms with E-state index in [1.807, 2.05) is 13.0 Å². The van der Waals surface area contributed by atoms with Crippen molar-refractivity contribution in [2.45, 2.75) is 19.9 Å². The number of hydrogen-bond donors (Lipinski definition) is 2. The number of benzene rings is 1. The van der Waals surface area contributed by atoms with Gasteiger partial charge in [-0.1, -0.05) is 0 Å². The fourth-order valence-corrected chi connectivity index (χ4v) is 2.85. The number of thiophene rings is 1. The van der Waals surface area contributed by atoms with E-state index in [0.717, 1.165) is 9.35 Å².